The number of fused-ring (bicyclic) bond motifs is 4. The first-order chi connectivity index (χ1) is 21.2. The number of ether oxygens (including phenoxy) is 1. The van der Waals surface area contributed by atoms with Gasteiger partial charge in [-0.25, -0.2) is 4.39 Å². The molecule has 2 aromatic heterocycles. The maximum absolute atomic E-state index is 15.9. The molecule has 2 bridgehead atoms. The molecule has 8 heteroatoms. The van der Waals surface area contributed by atoms with Crippen molar-refractivity contribution in [3.8, 4) is 17.3 Å². The summed E-state index contributed by atoms with van der Waals surface area (Å²) in [5.74, 6) is 0.241. The maximum atomic E-state index is 15.9. The van der Waals surface area contributed by atoms with Gasteiger partial charge >= 0.3 is 6.01 Å². The predicted octanol–water partition coefficient (Wildman–Crippen LogP) is 6.22. The van der Waals surface area contributed by atoms with Crippen molar-refractivity contribution >= 4 is 27.5 Å². The first kappa shape index (κ1) is 27.7. The Labute approximate surface area is 251 Å². The fourth-order valence-electron chi connectivity index (χ4n) is 6.73. The summed E-state index contributed by atoms with van der Waals surface area (Å²) in [4.78, 5) is 18.3. The van der Waals surface area contributed by atoms with Gasteiger partial charge in [0.1, 0.15) is 17.0 Å². The number of rotatable bonds is 5. The fraction of sp³-hybridized carbons (Fsp3) is 0.343. The Kier molecular flexibility index (Phi) is 7.87. The van der Waals surface area contributed by atoms with E-state index in [1.54, 1.807) is 6.20 Å². The van der Waals surface area contributed by atoms with Crippen molar-refractivity contribution in [2.75, 3.05) is 38.2 Å². The lowest BCUT2D eigenvalue weighted by Crippen LogP contribution is -2.51. The molecule has 1 N–H and O–H groups in total. The smallest absolute Gasteiger partial charge is 0.318 e. The van der Waals surface area contributed by atoms with E-state index < -0.39 is 5.82 Å². The number of anilines is 1. The summed E-state index contributed by atoms with van der Waals surface area (Å²) >= 11 is 0. The normalized spacial score (nSPS) is 19.9. The second-order valence-corrected chi connectivity index (χ2v) is 11.8. The van der Waals surface area contributed by atoms with Crippen molar-refractivity contribution in [3.05, 3.63) is 90.4 Å². The molecule has 0 amide bonds. The van der Waals surface area contributed by atoms with Crippen LogP contribution in [0, 0.1) is 5.82 Å². The largest absolute Gasteiger partial charge is 0.467 e. The van der Waals surface area contributed by atoms with Crippen LogP contribution in [0.5, 0.6) is 6.01 Å². The molecule has 5 aromatic rings. The third-order valence-electron chi connectivity index (χ3n) is 8.83. The number of halogens is 1. The lowest BCUT2D eigenvalue weighted by atomic mass is 10.0. The third-order valence-corrected chi connectivity index (χ3v) is 8.83. The number of pyridine rings is 1. The van der Waals surface area contributed by atoms with Crippen LogP contribution in [0.1, 0.15) is 31.2 Å². The first-order valence-electron chi connectivity index (χ1n) is 15.3. The molecule has 3 fully saturated rings. The highest BCUT2D eigenvalue weighted by atomic mass is 19.1. The molecule has 0 radical (unpaired) electrons. The topological polar surface area (TPSA) is 66.4 Å². The number of aromatic nitrogens is 3. The highest BCUT2D eigenvalue weighted by Gasteiger charge is 2.34. The van der Waals surface area contributed by atoms with Crippen LogP contribution in [0.2, 0.25) is 0 Å². The second-order valence-electron chi connectivity index (χ2n) is 11.8. The van der Waals surface area contributed by atoms with Crippen LogP contribution >= 0.6 is 0 Å². The molecule has 7 nitrogen and oxygen atoms in total. The highest BCUT2D eigenvalue weighted by molar-refractivity contribution is 5.99. The zero-order chi connectivity index (χ0) is 29.2. The van der Waals surface area contributed by atoms with E-state index in [0.717, 1.165) is 48.8 Å². The van der Waals surface area contributed by atoms with Crippen molar-refractivity contribution in [1.29, 1.82) is 0 Å². The lowest BCUT2D eigenvalue weighted by molar-refractivity contribution is 0.331. The molecule has 8 rings (SSSR count). The lowest BCUT2D eigenvalue weighted by Gasteiger charge is -2.34. The van der Waals surface area contributed by atoms with E-state index in [9.17, 15) is 0 Å². The minimum Gasteiger partial charge on any atom is -0.467 e. The molecule has 3 aliphatic rings. The molecular weight excluding hydrogens is 539 g/mol. The van der Waals surface area contributed by atoms with Gasteiger partial charge in [-0.3, -0.25) is 9.88 Å². The Hall–Kier alpha value is -4.14. The molecule has 0 aliphatic carbocycles. The molecule has 2 unspecified atom stereocenters. The molecule has 43 heavy (non-hydrogen) atoms. The van der Waals surface area contributed by atoms with Crippen molar-refractivity contribution in [2.24, 2.45) is 0 Å². The van der Waals surface area contributed by atoms with Gasteiger partial charge in [0.2, 0.25) is 0 Å². The third kappa shape index (κ3) is 5.77. The van der Waals surface area contributed by atoms with Crippen LogP contribution in [-0.2, 0) is 6.54 Å². The van der Waals surface area contributed by atoms with E-state index in [1.807, 2.05) is 42.5 Å². The number of likely N-dealkylation sites (tertiary alicyclic amines) is 1. The number of piperazine rings is 1. The molecule has 2 atom stereocenters. The Bertz CT molecular complexity index is 1710. The molecule has 220 valence electrons. The van der Waals surface area contributed by atoms with Gasteiger partial charge in [0.05, 0.1) is 12.5 Å². The Morgan fingerprint density at radius 3 is 2.35 bits per heavy atom. The summed E-state index contributed by atoms with van der Waals surface area (Å²) in [5, 5.41) is 6.23. The molecule has 3 aromatic carbocycles. The summed E-state index contributed by atoms with van der Waals surface area (Å²) in [6, 6.07) is 25.5. The number of hydrogen-bond acceptors (Lipinski definition) is 7. The van der Waals surface area contributed by atoms with Crippen molar-refractivity contribution in [2.45, 2.75) is 44.3 Å². The van der Waals surface area contributed by atoms with Gasteiger partial charge in [-0.1, -0.05) is 72.8 Å². The van der Waals surface area contributed by atoms with Gasteiger partial charge in [0.15, 0.2) is 5.82 Å². The summed E-state index contributed by atoms with van der Waals surface area (Å²) in [6.45, 7) is 5.38. The van der Waals surface area contributed by atoms with Crippen molar-refractivity contribution in [1.82, 2.24) is 25.2 Å². The summed E-state index contributed by atoms with van der Waals surface area (Å²) < 4.78 is 21.2. The second kappa shape index (κ2) is 12.2. The molecule has 3 aliphatic heterocycles. The standard InChI is InChI=1S/C24H22FN5O.C11H15N/c1-31-24-28-22-19(23(29-24)30-12-15-9-10-16(13-30)27-15)11-26-21(20(22)25)18-8-4-6-14-5-2-3-7-17(14)18;1-2-6-11(7-3-1)10-12-8-4-5-9-12/h2-8,11,15-16,27H,9-10,12-13H2,1H3;1-3,6-7H,4-5,8-10H2. The summed E-state index contributed by atoms with van der Waals surface area (Å²) in [7, 11) is 1.51. The minimum atomic E-state index is -0.450. The zero-order valence-corrected chi connectivity index (χ0v) is 24.5. The van der Waals surface area contributed by atoms with Crippen LogP contribution < -0.4 is 15.0 Å². The molecule has 0 saturated carbocycles. The first-order valence-corrected chi connectivity index (χ1v) is 15.3. The maximum Gasteiger partial charge on any atom is 0.318 e. The van der Waals surface area contributed by atoms with Crippen LogP contribution in [0.15, 0.2) is 79.0 Å². The van der Waals surface area contributed by atoms with Crippen LogP contribution in [0.25, 0.3) is 32.9 Å². The minimum absolute atomic E-state index is 0.169. The van der Waals surface area contributed by atoms with E-state index in [4.69, 9.17) is 4.74 Å². The van der Waals surface area contributed by atoms with Crippen LogP contribution in [0.3, 0.4) is 0 Å². The Morgan fingerprint density at radius 1 is 0.860 bits per heavy atom. The number of benzene rings is 3. The Balaban J connectivity index is 0.000000209. The number of hydrogen-bond donors (Lipinski definition) is 1. The van der Waals surface area contributed by atoms with E-state index >= 15 is 4.39 Å². The van der Waals surface area contributed by atoms with Crippen molar-refractivity contribution in [3.63, 3.8) is 0 Å². The average Bonchev–Trinajstić information content (AvgIpc) is 3.69. The SMILES string of the molecule is COc1nc(N2CC3CCC(C2)N3)c2cnc(-c3cccc4ccccc34)c(F)c2n1.c1ccc(CN2CCCC2)cc1. The van der Waals surface area contributed by atoms with Gasteiger partial charge in [-0.05, 0) is 55.1 Å². The molecule has 3 saturated heterocycles. The monoisotopic (exact) mass is 576 g/mol. The highest BCUT2D eigenvalue weighted by Crippen LogP contribution is 2.36. The zero-order valence-electron chi connectivity index (χ0n) is 24.5. The van der Waals surface area contributed by atoms with Gasteiger partial charge in [-0.2, -0.15) is 9.97 Å². The van der Waals surface area contributed by atoms with Gasteiger partial charge in [0.25, 0.3) is 0 Å². The molecular formula is C35H37FN6O. The molecule has 5 heterocycles. The van der Waals surface area contributed by atoms with E-state index in [-0.39, 0.29) is 17.2 Å². The van der Waals surface area contributed by atoms with Gasteiger partial charge in [-0.15, -0.1) is 0 Å². The summed E-state index contributed by atoms with van der Waals surface area (Å²) in [6.07, 6.45) is 6.77. The van der Waals surface area contributed by atoms with E-state index in [2.05, 4.69) is 60.4 Å². The van der Waals surface area contributed by atoms with Crippen molar-refractivity contribution < 1.29 is 9.13 Å². The predicted molar refractivity (Wildman–Crippen MR) is 170 cm³/mol. The van der Waals surface area contributed by atoms with Gasteiger partial charge < -0.3 is 15.0 Å². The number of nitrogens with one attached hydrogen (secondary N) is 1. The number of nitrogens with zero attached hydrogens (tertiary/aromatic N) is 5. The quantitative estimate of drug-likeness (QED) is 0.267. The van der Waals surface area contributed by atoms with Crippen LogP contribution in [0.4, 0.5) is 10.2 Å². The van der Waals surface area contributed by atoms with Crippen LogP contribution in [-0.4, -0.2) is 65.2 Å². The fourth-order valence-corrected chi connectivity index (χ4v) is 6.73. The Morgan fingerprint density at radius 2 is 1.58 bits per heavy atom. The van der Waals surface area contributed by atoms with E-state index in [0.29, 0.717) is 23.3 Å². The number of methoxy groups -OCH3 is 1. The summed E-state index contributed by atoms with van der Waals surface area (Å²) in [5.41, 5.74) is 2.72. The van der Waals surface area contributed by atoms with Gasteiger partial charge in [0, 0.05) is 43.5 Å². The average molecular weight is 577 g/mol. The van der Waals surface area contributed by atoms with E-state index in [1.165, 1.54) is 38.6 Å². The molecule has 0 spiro atoms.